The van der Waals surface area contributed by atoms with E-state index >= 15 is 0 Å². The fourth-order valence-electron chi connectivity index (χ4n) is 4.80. The number of carboxylic acid groups (broad SMARTS) is 1. The molecule has 1 saturated carbocycles. The van der Waals surface area contributed by atoms with E-state index in [1.54, 1.807) is 0 Å². The molecule has 5 heterocycles. The van der Waals surface area contributed by atoms with Gasteiger partial charge in [0.2, 0.25) is 0 Å². The van der Waals surface area contributed by atoms with Gasteiger partial charge in [-0.2, -0.15) is 0 Å². The minimum atomic E-state index is -0.758. The van der Waals surface area contributed by atoms with E-state index in [0.717, 1.165) is 24.7 Å². The van der Waals surface area contributed by atoms with E-state index in [9.17, 15) is 4.79 Å². The fourth-order valence-corrected chi connectivity index (χ4v) is 4.80. The summed E-state index contributed by atoms with van der Waals surface area (Å²) in [4.78, 5) is 18.1. The predicted molar refractivity (Wildman–Crippen MR) is 90.5 cm³/mol. The Balaban J connectivity index is 1.42. The summed E-state index contributed by atoms with van der Waals surface area (Å²) in [6.07, 6.45) is 4.85. The summed E-state index contributed by atoms with van der Waals surface area (Å²) < 4.78 is 7.80. The first-order valence-electron chi connectivity index (χ1n) is 8.95. The molecule has 1 N–H and O–H groups in total. The van der Waals surface area contributed by atoms with Crippen LogP contribution in [0.1, 0.15) is 38.4 Å². The number of carboxylic acids is 1. The normalized spacial score (nSPS) is 33.8. The number of anilines is 1. The number of pyridine rings is 1. The minimum Gasteiger partial charge on any atom is -0.481 e. The van der Waals surface area contributed by atoms with Gasteiger partial charge < -0.3 is 14.7 Å². The van der Waals surface area contributed by atoms with E-state index in [1.807, 2.05) is 16.8 Å². The molecule has 3 saturated heterocycles. The summed E-state index contributed by atoms with van der Waals surface area (Å²) in [5.74, 6) is 0.662. The number of hydrogen-bond acceptors (Lipinski definition) is 5. The van der Waals surface area contributed by atoms with Crippen molar-refractivity contribution in [1.29, 1.82) is 0 Å². The molecule has 2 aromatic heterocycles. The van der Waals surface area contributed by atoms with Gasteiger partial charge in [0.1, 0.15) is 5.60 Å². The molecule has 1 unspecified atom stereocenters. The Bertz CT molecular complexity index is 855. The maximum absolute atomic E-state index is 11.1. The standard InChI is InChI=1S/C18H22N4O3/c1-12-4-5-21(7-12)13-2-3-14-19-16(20-22(14)8-13)18-9-17(10-18,11-25-18)6-15(23)24/h2-3,8,12H,4-7,9-11H2,1H3,(H,23,24). The van der Waals surface area contributed by atoms with Gasteiger partial charge >= 0.3 is 5.97 Å². The van der Waals surface area contributed by atoms with Crippen LogP contribution in [0.25, 0.3) is 5.65 Å². The lowest BCUT2D eigenvalue weighted by molar-refractivity contribution is -0.141. The van der Waals surface area contributed by atoms with Gasteiger partial charge in [-0.3, -0.25) is 4.79 Å². The van der Waals surface area contributed by atoms with Crippen molar-refractivity contribution < 1.29 is 14.6 Å². The summed E-state index contributed by atoms with van der Waals surface area (Å²) in [5, 5.41) is 13.8. The maximum atomic E-state index is 11.1. The molecular weight excluding hydrogens is 320 g/mol. The Morgan fingerprint density at radius 3 is 3.00 bits per heavy atom. The second-order valence-electron chi connectivity index (χ2n) is 8.17. The quantitative estimate of drug-likeness (QED) is 0.916. The highest BCUT2D eigenvalue weighted by Gasteiger charge is 2.65. The lowest BCUT2D eigenvalue weighted by Gasteiger charge is -2.41. The molecule has 3 aliphatic heterocycles. The summed E-state index contributed by atoms with van der Waals surface area (Å²) in [6, 6.07) is 4.11. The summed E-state index contributed by atoms with van der Waals surface area (Å²) in [7, 11) is 0. The van der Waals surface area contributed by atoms with Crippen molar-refractivity contribution >= 4 is 17.3 Å². The average Bonchev–Trinajstić information content (AvgIpc) is 3.26. The summed E-state index contributed by atoms with van der Waals surface area (Å²) in [6.45, 7) is 4.94. The molecule has 4 fully saturated rings. The van der Waals surface area contributed by atoms with Gasteiger partial charge in [0.15, 0.2) is 11.5 Å². The van der Waals surface area contributed by atoms with E-state index < -0.39 is 11.6 Å². The zero-order valence-electron chi connectivity index (χ0n) is 14.3. The van der Waals surface area contributed by atoms with Crippen molar-refractivity contribution in [1.82, 2.24) is 14.6 Å². The average molecular weight is 342 g/mol. The summed E-state index contributed by atoms with van der Waals surface area (Å²) >= 11 is 0. The van der Waals surface area contributed by atoms with Crippen LogP contribution in [0.3, 0.4) is 0 Å². The molecule has 7 heteroatoms. The largest absolute Gasteiger partial charge is 0.481 e. The van der Waals surface area contributed by atoms with Gasteiger partial charge in [0, 0.05) is 18.5 Å². The second kappa shape index (κ2) is 4.94. The zero-order chi connectivity index (χ0) is 17.2. The molecule has 0 amide bonds. The number of aromatic nitrogens is 3. The third-order valence-electron chi connectivity index (χ3n) is 6.01. The van der Waals surface area contributed by atoms with E-state index in [-0.39, 0.29) is 11.8 Å². The predicted octanol–water partition coefficient (Wildman–Crippen LogP) is 2.06. The lowest BCUT2D eigenvalue weighted by atomic mass is 9.60. The number of hydrogen-bond donors (Lipinski definition) is 1. The molecule has 7 nitrogen and oxygen atoms in total. The Morgan fingerprint density at radius 1 is 1.44 bits per heavy atom. The Labute approximate surface area is 145 Å². The van der Waals surface area contributed by atoms with Gasteiger partial charge in [0.05, 0.1) is 24.9 Å². The van der Waals surface area contributed by atoms with Crippen molar-refractivity contribution in [3.8, 4) is 0 Å². The second-order valence-corrected chi connectivity index (χ2v) is 8.17. The van der Waals surface area contributed by atoms with Crippen molar-refractivity contribution in [3.05, 3.63) is 24.2 Å². The van der Waals surface area contributed by atoms with E-state index in [2.05, 4.69) is 28.0 Å². The molecule has 132 valence electrons. The van der Waals surface area contributed by atoms with E-state index in [0.29, 0.717) is 25.3 Å². The third-order valence-corrected chi connectivity index (χ3v) is 6.01. The number of fused-ring (bicyclic) bond motifs is 2. The lowest BCUT2D eigenvalue weighted by Crippen LogP contribution is -2.43. The van der Waals surface area contributed by atoms with Crippen molar-refractivity contribution in [2.75, 3.05) is 24.6 Å². The molecule has 0 radical (unpaired) electrons. The van der Waals surface area contributed by atoms with Crippen LogP contribution in [-0.2, 0) is 15.1 Å². The molecule has 25 heavy (non-hydrogen) atoms. The molecule has 0 spiro atoms. The molecule has 0 aromatic carbocycles. The van der Waals surface area contributed by atoms with Crippen LogP contribution < -0.4 is 4.90 Å². The van der Waals surface area contributed by atoms with E-state index in [1.165, 1.54) is 12.1 Å². The molecule has 6 rings (SSSR count). The molecular formula is C18H22N4O3. The number of nitrogens with zero attached hydrogens (tertiary/aromatic N) is 4. The number of rotatable bonds is 4. The number of aliphatic carboxylic acids is 1. The highest BCUT2D eigenvalue weighted by atomic mass is 16.5. The van der Waals surface area contributed by atoms with Gasteiger partial charge in [-0.05, 0) is 37.3 Å². The van der Waals surface area contributed by atoms with Crippen molar-refractivity contribution in [2.45, 2.75) is 38.2 Å². The van der Waals surface area contributed by atoms with Crippen LogP contribution in [0.15, 0.2) is 18.3 Å². The zero-order valence-corrected chi connectivity index (χ0v) is 14.3. The Kier molecular flexibility index (Phi) is 2.99. The Hall–Kier alpha value is -2.15. The van der Waals surface area contributed by atoms with Gasteiger partial charge in [-0.15, -0.1) is 5.10 Å². The van der Waals surface area contributed by atoms with Crippen LogP contribution in [0.5, 0.6) is 0 Å². The van der Waals surface area contributed by atoms with Crippen molar-refractivity contribution in [3.63, 3.8) is 0 Å². The first kappa shape index (κ1) is 15.1. The highest BCUT2D eigenvalue weighted by molar-refractivity contribution is 5.68. The smallest absolute Gasteiger partial charge is 0.303 e. The van der Waals surface area contributed by atoms with Gasteiger partial charge in [0.25, 0.3) is 0 Å². The van der Waals surface area contributed by atoms with Crippen LogP contribution in [-0.4, -0.2) is 45.4 Å². The molecule has 1 aliphatic carbocycles. The highest BCUT2D eigenvalue weighted by Crippen LogP contribution is 2.63. The number of ether oxygens (including phenoxy) is 1. The van der Waals surface area contributed by atoms with Gasteiger partial charge in [-0.1, -0.05) is 6.92 Å². The van der Waals surface area contributed by atoms with Crippen molar-refractivity contribution in [2.24, 2.45) is 11.3 Å². The topological polar surface area (TPSA) is 80.0 Å². The molecule has 1 atom stereocenters. The molecule has 2 aromatic rings. The first-order valence-corrected chi connectivity index (χ1v) is 8.95. The third kappa shape index (κ3) is 2.25. The van der Waals surface area contributed by atoms with Crippen LogP contribution in [0.4, 0.5) is 5.69 Å². The van der Waals surface area contributed by atoms with E-state index in [4.69, 9.17) is 9.84 Å². The van der Waals surface area contributed by atoms with Crippen LogP contribution in [0.2, 0.25) is 0 Å². The molecule has 4 aliphatic rings. The monoisotopic (exact) mass is 342 g/mol. The number of carbonyl (C=O) groups is 1. The maximum Gasteiger partial charge on any atom is 0.303 e. The minimum absolute atomic E-state index is 0.166. The Morgan fingerprint density at radius 2 is 2.28 bits per heavy atom. The fraction of sp³-hybridized carbons (Fsp3) is 0.611. The first-order chi connectivity index (χ1) is 12.0. The SMILES string of the molecule is CC1CCN(c2ccc3nc(C45CC(CC(=O)O)(CO4)C5)nn3c2)C1. The molecule has 2 bridgehead atoms. The van der Waals surface area contributed by atoms with Crippen LogP contribution in [0, 0.1) is 11.3 Å². The van der Waals surface area contributed by atoms with Gasteiger partial charge in [-0.25, -0.2) is 9.50 Å². The van der Waals surface area contributed by atoms with Crippen LogP contribution >= 0.6 is 0 Å². The summed E-state index contributed by atoms with van der Waals surface area (Å²) in [5.41, 5.74) is 1.28.